The molecule has 2 unspecified atom stereocenters. The van der Waals surface area contributed by atoms with E-state index in [9.17, 15) is 8.78 Å². The van der Waals surface area contributed by atoms with E-state index in [1.807, 2.05) is 20.0 Å². The Morgan fingerprint density at radius 3 is 2.50 bits per heavy atom. The van der Waals surface area contributed by atoms with E-state index in [2.05, 4.69) is 33.9 Å². The molecule has 9 heteroatoms. The van der Waals surface area contributed by atoms with Crippen LogP contribution in [0.4, 0.5) is 14.7 Å². The minimum absolute atomic E-state index is 0.00460. The number of pyridine rings is 1. The standard InChI is InChI=1S/C27H34F2N6O/c1-15-10-22-24(18-4-6-19(7-5-18)25(28)29)32-27(33-26(22)31-17(15)3)34-12-16(2)36-23(14-34)20-11-30-35(13-20)21-8-9-21/h10-11,13,16,18-19,21,23,25H,4-9,12,14H2,1-3H3. The Balaban J connectivity index is 1.33. The van der Waals surface area contributed by atoms with Gasteiger partial charge in [-0.1, -0.05) is 0 Å². The summed E-state index contributed by atoms with van der Waals surface area (Å²) in [6.45, 7) is 7.43. The van der Waals surface area contributed by atoms with Crippen molar-refractivity contribution in [1.82, 2.24) is 24.7 Å². The summed E-state index contributed by atoms with van der Waals surface area (Å²) in [6, 6.07) is 2.65. The molecule has 2 saturated carbocycles. The topological polar surface area (TPSA) is 69.0 Å². The third-order valence-corrected chi connectivity index (χ3v) is 8.12. The molecule has 192 valence electrons. The Labute approximate surface area is 210 Å². The van der Waals surface area contributed by atoms with Gasteiger partial charge in [-0.3, -0.25) is 4.68 Å². The monoisotopic (exact) mass is 496 g/mol. The number of aromatic nitrogens is 5. The first-order valence-electron chi connectivity index (χ1n) is 13.2. The second-order valence-electron chi connectivity index (χ2n) is 10.9. The summed E-state index contributed by atoms with van der Waals surface area (Å²) in [5.41, 5.74) is 4.76. The van der Waals surface area contributed by atoms with Crippen LogP contribution in [-0.2, 0) is 4.74 Å². The molecule has 0 amide bonds. The highest BCUT2D eigenvalue weighted by molar-refractivity contribution is 5.80. The predicted octanol–water partition coefficient (Wildman–Crippen LogP) is 5.68. The molecule has 6 rings (SSSR count). The van der Waals surface area contributed by atoms with Crippen LogP contribution >= 0.6 is 0 Å². The van der Waals surface area contributed by atoms with Crippen LogP contribution in [0.2, 0.25) is 0 Å². The number of aryl methyl sites for hydroxylation is 2. The minimum Gasteiger partial charge on any atom is -0.367 e. The van der Waals surface area contributed by atoms with Gasteiger partial charge in [-0.05, 0) is 70.9 Å². The molecular weight excluding hydrogens is 462 g/mol. The number of halogens is 2. The van der Waals surface area contributed by atoms with E-state index in [4.69, 9.17) is 19.7 Å². The lowest BCUT2D eigenvalue weighted by molar-refractivity contribution is -0.0179. The quantitative estimate of drug-likeness (QED) is 0.453. The Bertz CT molecular complexity index is 1250. The zero-order valence-corrected chi connectivity index (χ0v) is 21.2. The van der Waals surface area contributed by atoms with Crippen molar-refractivity contribution in [2.24, 2.45) is 5.92 Å². The maximum atomic E-state index is 13.3. The van der Waals surface area contributed by atoms with Gasteiger partial charge in [0.1, 0.15) is 6.10 Å². The van der Waals surface area contributed by atoms with Crippen molar-refractivity contribution >= 4 is 17.0 Å². The molecule has 0 N–H and O–H groups in total. The van der Waals surface area contributed by atoms with Crippen molar-refractivity contribution in [2.75, 3.05) is 18.0 Å². The third kappa shape index (κ3) is 4.58. The van der Waals surface area contributed by atoms with Crippen molar-refractivity contribution < 1.29 is 13.5 Å². The summed E-state index contributed by atoms with van der Waals surface area (Å²) in [7, 11) is 0. The van der Waals surface area contributed by atoms with Gasteiger partial charge in [0, 0.05) is 41.2 Å². The van der Waals surface area contributed by atoms with Crippen LogP contribution in [0.15, 0.2) is 18.5 Å². The molecule has 0 radical (unpaired) electrons. The first-order chi connectivity index (χ1) is 17.4. The molecule has 2 atom stereocenters. The highest BCUT2D eigenvalue weighted by Crippen LogP contribution is 2.41. The van der Waals surface area contributed by atoms with Crippen LogP contribution in [0, 0.1) is 19.8 Å². The van der Waals surface area contributed by atoms with E-state index >= 15 is 0 Å². The molecule has 3 aliphatic rings. The fraction of sp³-hybridized carbons (Fsp3) is 0.630. The smallest absolute Gasteiger partial charge is 0.241 e. The normalized spacial score (nSPS) is 27.2. The number of ether oxygens (including phenoxy) is 1. The Morgan fingerprint density at radius 1 is 1.00 bits per heavy atom. The maximum Gasteiger partial charge on any atom is 0.241 e. The molecule has 3 aromatic rings. The highest BCUT2D eigenvalue weighted by atomic mass is 19.3. The van der Waals surface area contributed by atoms with E-state index in [-0.39, 0.29) is 18.1 Å². The van der Waals surface area contributed by atoms with Crippen LogP contribution in [0.3, 0.4) is 0 Å². The number of anilines is 1. The first kappa shape index (κ1) is 23.7. The van der Waals surface area contributed by atoms with Gasteiger partial charge < -0.3 is 9.64 Å². The molecule has 3 aromatic heterocycles. The van der Waals surface area contributed by atoms with Crippen molar-refractivity contribution in [3.05, 3.63) is 41.0 Å². The summed E-state index contributed by atoms with van der Waals surface area (Å²) >= 11 is 0. The van der Waals surface area contributed by atoms with Gasteiger partial charge in [0.2, 0.25) is 12.4 Å². The summed E-state index contributed by atoms with van der Waals surface area (Å²) in [5, 5.41) is 5.50. The summed E-state index contributed by atoms with van der Waals surface area (Å²) < 4.78 is 35.0. The molecule has 4 heterocycles. The van der Waals surface area contributed by atoms with Gasteiger partial charge in [-0.2, -0.15) is 10.1 Å². The van der Waals surface area contributed by atoms with Crippen LogP contribution in [0.1, 0.15) is 86.0 Å². The zero-order chi connectivity index (χ0) is 25.0. The van der Waals surface area contributed by atoms with E-state index in [0.29, 0.717) is 43.6 Å². The zero-order valence-electron chi connectivity index (χ0n) is 21.2. The predicted molar refractivity (Wildman–Crippen MR) is 134 cm³/mol. The average Bonchev–Trinajstić information content (AvgIpc) is 3.60. The molecule has 0 bridgehead atoms. The van der Waals surface area contributed by atoms with Gasteiger partial charge in [0.15, 0.2) is 5.65 Å². The van der Waals surface area contributed by atoms with Crippen molar-refractivity contribution in [2.45, 2.75) is 89.9 Å². The van der Waals surface area contributed by atoms with E-state index in [1.54, 1.807) is 0 Å². The van der Waals surface area contributed by atoms with E-state index in [0.717, 1.165) is 40.7 Å². The Hall–Kier alpha value is -2.68. The maximum absolute atomic E-state index is 13.3. The average molecular weight is 497 g/mol. The number of morpholine rings is 1. The van der Waals surface area contributed by atoms with E-state index < -0.39 is 12.3 Å². The molecule has 0 spiro atoms. The molecule has 1 saturated heterocycles. The first-order valence-corrected chi connectivity index (χ1v) is 13.2. The number of nitrogens with zero attached hydrogens (tertiary/aromatic N) is 6. The van der Waals surface area contributed by atoms with Crippen molar-refractivity contribution in [3.63, 3.8) is 0 Å². The summed E-state index contributed by atoms with van der Waals surface area (Å²) in [5.74, 6) is 0.284. The SMILES string of the molecule is Cc1cc2c(C3CCC(C(F)F)CC3)nc(N3CC(C)OC(c4cnn(C5CC5)c4)C3)nc2nc1C. The second kappa shape index (κ2) is 9.32. The molecular formula is C27H34F2N6O. The van der Waals surface area contributed by atoms with Gasteiger partial charge in [-0.25, -0.2) is 18.7 Å². The third-order valence-electron chi connectivity index (χ3n) is 8.12. The molecule has 36 heavy (non-hydrogen) atoms. The molecule has 2 aliphatic carbocycles. The molecule has 7 nitrogen and oxygen atoms in total. The molecule has 3 fully saturated rings. The molecule has 1 aliphatic heterocycles. The lowest BCUT2D eigenvalue weighted by Crippen LogP contribution is -2.43. The van der Waals surface area contributed by atoms with Crippen LogP contribution in [0.25, 0.3) is 11.0 Å². The second-order valence-corrected chi connectivity index (χ2v) is 10.9. The summed E-state index contributed by atoms with van der Waals surface area (Å²) in [4.78, 5) is 17.0. The number of fused-ring (bicyclic) bond motifs is 1. The van der Waals surface area contributed by atoms with Gasteiger partial charge in [0.05, 0.1) is 30.6 Å². The Kier molecular flexibility index (Phi) is 6.14. The van der Waals surface area contributed by atoms with Gasteiger partial charge in [-0.15, -0.1) is 0 Å². The van der Waals surface area contributed by atoms with Crippen LogP contribution in [-0.4, -0.2) is 50.4 Å². The van der Waals surface area contributed by atoms with Gasteiger partial charge >= 0.3 is 0 Å². The largest absolute Gasteiger partial charge is 0.367 e. The number of hydrogen-bond acceptors (Lipinski definition) is 6. The van der Waals surface area contributed by atoms with Crippen LogP contribution in [0.5, 0.6) is 0 Å². The van der Waals surface area contributed by atoms with Crippen molar-refractivity contribution in [1.29, 1.82) is 0 Å². The Morgan fingerprint density at radius 2 is 1.78 bits per heavy atom. The number of alkyl halides is 2. The van der Waals surface area contributed by atoms with Crippen molar-refractivity contribution in [3.8, 4) is 0 Å². The lowest BCUT2D eigenvalue weighted by Gasteiger charge is -2.37. The molecule has 0 aromatic carbocycles. The number of rotatable bonds is 5. The lowest BCUT2D eigenvalue weighted by atomic mass is 9.80. The number of hydrogen-bond donors (Lipinski definition) is 0. The minimum atomic E-state index is -2.24. The fourth-order valence-electron chi connectivity index (χ4n) is 5.71. The van der Waals surface area contributed by atoms with E-state index in [1.165, 1.54) is 12.8 Å². The van der Waals surface area contributed by atoms with Gasteiger partial charge in [0.25, 0.3) is 0 Å². The van der Waals surface area contributed by atoms with Crippen LogP contribution < -0.4 is 4.90 Å². The highest BCUT2D eigenvalue weighted by Gasteiger charge is 2.33. The summed E-state index contributed by atoms with van der Waals surface area (Å²) in [6.07, 6.45) is 6.55. The fourth-order valence-corrected chi connectivity index (χ4v) is 5.71.